The Hall–Kier alpha value is -2.60. The van der Waals surface area contributed by atoms with Crippen LogP contribution in [0.5, 0.6) is 0 Å². The third kappa shape index (κ3) is 3.88. The molecule has 2 aromatic carbocycles. The molecular weight excluding hydrogens is 396 g/mol. The summed E-state index contributed by atoms with van der Waals surface area (Å²) in [5, 5.41) is 3.06. The molecule has 1 saturated carbocycles. The van der Waals surface area contributed by atoms with Crippen molar-refractivity contribution < 1.29 is 13.2 Å². The molecule has 30 heavy (non-hydrogen) atoms. The van der Waals surface area contributed by atoms with Crippen LogP contribution in [0.2, 0.25) is 0 Å². The average Bonchev–Trinajstić information content (AvgIpc) is 2.73. The van der Waals surface area contributed by atoms with E-state index in [2.05, 4.69) is 5.32 Å². The lowest BCUT2D eigenvalue weighted by atomic mass is 9.94. The molecular formula is C24H28N2O3S. The van der Waals surface area contributed by atoms with Crippen LogP contribution in [0.3, 0.4) is 0 Å². The van der Waals surface area contributed by atoms with E-state index in [1.54, 1.807) is 6.07 Å². The Balaban J connectivity index is 1.83. The zero-order valence-electron chi connectivity index (χ0n) is 17.3. The fourth-order valence-electron chi connectivity index (χ4n) is 4.45. The molecule has 1 aliphatic carbocycles. The summed E-state index contributed by atoms with van der Waals surface area (Å²) < 4.78 is 28.2. The lowest BCUT2D eigenvalue weighted by Gasteiger charge is -2.31. The molecule has 4 rings (SSSR count). The van der Waals surface area contributed by atoms with Crippen molar-refractivity contribution in [3.63, 3.8) is 0 Å². The number of anilines is 1. The third-order valence-corrected chi connectivity index (χ3v) is 7.89. The third-order valence-electron chi connectivity index (χ3n) is 6.07. The van der Waals surface area contributed by atoms with E-state index in [-0.39, 0.29) is 10.9 Å². The Bertz CT molecular complexity index is 1050. The van der Waals surface area contributed by atoms with E-state index < -0.39 is 15.9 Å². The van der Waals surface area contributed by atoms with Gasteiger partial charge in [-0.1, -0.05) is 80.6 Å². The number of fused-ring (bicyclic) bond motifs is 1. The zero-order valence-corrected chi connectivity index (χ0v) is 18.1. The van der Waals surface area contributed by atoms with Gasteiger partial charge in [0.25, 0.3) is 15.9 Å². The molecule has 1 N–H and O–H groups in total. The van der Waals surface area contributed by atoms with E-state index >= 15 is 0 Å². The summed E-state index contributed by atoms with van der Waals surface area (Å²) in [7, 11) is -2.47. The number of hydrogen-bond donors (Lipinski definition) is 1. The van der Waals surface area contributed by atoms with Crippen molar-refractivity contribution in [3.05, 3.63) is 70.6 Å². The molecule has 6 heteroatoms. The second-order valence-corrected chi connectivity index (χ2v) is 9.98. The molecule has 1 amide bonds. The summed E-state index contributed by atoms with van der Waals surface area (Å²) in [6.45, 7) is 0. The minimum Gasteiger partial charge on any atom is -0.349 e. The van der Waals surface area contributed by atoms with Crippen LogP contribution in [0.4, 0.5) is 5.69 Å². The smallest absolute Gasteiger partial charge is 0.270 e. The molecule has 0 spiro atoms. The van der Waals surface area contributed by atoms with Crippen LogP contribution in [0, 0.1) is 0 Å². The minimum absolute atomic E-state index is 0.0139. The van der Waals surface area contributed by atoms with Crippen LogP contribution >= 0.6 is 0 Å². The van der Waals surface area contributed by atoms with Crippen LogP contribution in [0.1, 0.15) is 56.1 Å². The van der Waals surface area contributed by atoms with Gasteiger partial charge in [0, 0.05) is 24.2 Å². The number of sulfonamides is 1. The Kier molecular flexibility index (Phi) is 5.95. The number of benzene rings is 2. The van der Waals surface area contributed by atoms with Gasteiger partial charge in [-0.15, -0.1) is 0 Å². The van der Waals surface area contributed by atoms with Gasteiger partial charge in [-0.25, -0.2) is 8.42 Å². The van der Waals surface area contributed by atoms with Crippen molar-refractivity contribution in [3.8, 4) is 0 Å². The van der Waals surface area contributed by atoms with Crippen LogP contribution in [-0.4, -0.2) is 27.4 Å². The van der Waals surface area contributed by atoms with Gasteiger partial charge < -0.3 is 5.32 Å². The molecule has 0 unspecified atom stereocenters. The van der Waals surface area contributed by atoms with Gasteiger partial charge in [0.05, 0.1) is 5.69 Å². The summed E-state index contributed by atoms with van der Waals surface area (Å²) in [6.07, 6.45) is 7.48. The molecule has 2 aromatic rings. The van der Waals surface area contributed by atoms with E-state index in [4.69, 9.17) is 0 Å². The number of para-hydroxylation sites is 1. The van der Waals surface area contributed by atoms with E-state index in [9.17, 15) is 13.2 Å². The van der Waals surface area contributed by atoms with Gasteiger partial charge in [-0.2, -0.15) is 0 Å². The van der Waals surface area contributed by atoms with E-state index in [1.807, 2.05) is 48.5 Å². The summed E-state index contributed by atoms with van der Waals surface area (Å²) in [5.41, 5.74) is 2.54. The first-order valence-corrected chi connectivity index (χ1v) is 12.1. The van der Waals surface area contributed by atoms with E-state index in [0.717, 1.165) is 36.8 Å². The van der Waals surface area contributed by atoms with Gasteiger partial charge in [-0.3, -0.25) is 9.10 Å². The molecule has 2 aliphatic rings. The van der Waals surface area contributed by atoms with Gasteiger partial charge >= 0.3 is 0 Å². The number of nitrogens with zero attached hydrogens (tertiary/aromatic N) is 1. The summed E-state index contributed by atoms with van der Waals surface area (Å²) in [6, 6.07) is 16.7. The van der Waals surface area contributed by atoms with Gasteiger partial charge in [-0.05, 0) is 24.5 Å². The fourth-order valence-corrected chi connectivity index (χ4v) is 5.92. The van der Waals surface area contributed by atoms with Crippen LogP contribution in [-0.2, 0) is 14.8 Å². The predicted molar refractivity (Wildman–Crippen MR) is 120 cm³/mol. The number of rotatable bonds is 3. The van der Waals surface area contributed by atoms with Gasteiger partial charge in [0.1, 0.15) is 0 Å². The Morgan fingerprint density at radius 3 is 2.20 bits per heavy atom. The normalized spacial score (nSPS) is 19.6. The van der Waals surface area contributed by atoms with Gasteiger partial charge in [0.2, 0.25) is 0 Å². The maximum absolute atomic E-state index is 13.5. The molecule has 0 aromatic heterocycles. The highest BCUT2D eigenvalue weighted by atomic mass is 32.2. The number of hydrogen-bond acceptors (Lipinski definition) is 3. The van der Waals surface area contributed by atoms with Crippen LogP contribution in [0.15, 0.2) is 59.5 Å². The SMILES string of the molecule is CN1c2ccccc2C(c2ccccc2)=C(C(=O)NC2CCCCCCC2)S1(=O)=O. The monoisotopic (exact) mass is 424 g/mol. The first-order chi connectivity index (χ1) is 14.5. The molecule has 0 radical (unpaired) electrons. The summed E-state index contributed by atoms with van der Waals surface area (Å²) in [4.78, 5) is 13.3. The van der Waals surface area contributed by atoms with Crippen molar-refractivity contribution in [1.82, 2.24) is 5.32 Å². The molecule has 0 bridgehead atoms. The number of amides is 1. The Labute approximate surface area is 178 Å². The quantitative estimate of drug-likeness (QED) is 0.791. The fraction of sp³-hybridized carbons (Fsp3) is 0.375. The molecule has 1 fully saturated rings. The Morgan fingerprint density at radius 1 is 0.900 bits per heavy atom. The van der Waals surface area contributed by atoms with Crippen molar-refractivity contribution >= 4 is 27.2 Å². The van der Waals surface area contributed by atoms with Gasteiger partial charge in [0.15, 0.2) is 4.91 Å². The maximum Gasteiger partial charge on any atom is 0.270 e. The average molecular weight is 425 g/mol. The second kappa shape index (κ2) is 8.64. The summed E-state index contributed by atoms with van der Waals surface area (Å²) >= 11 is 0. The number of carbonyl (C=O) groups is 1. The molecule has 5 nitrogen and oxygen atoms in total. The molecule has 0 saturated heterocycles. The van der Waals surface area contributed by atoms with Crippen LogP contribution in [0.25, 0.3) is 5.57 Å². The lowest BCUT2D eigenvalue weighted by molar-refractivity contribution is -0.117. The highest BCUT2D eigenvalue weighted by molar-refractivity contribution is 7.97. The van der Waals surface area contributed by atoms with Crippen molar-refractivity contribution in [2.45, 2.75) is 51.0 Å². The van der Waals surface area contributed by atoms with E-state index in [0.29, 0.717) is 11.3 Å². The topological polar surface area (TPSA) is 66.5 Å². The lowest BCUT2D eigenvalue weighted by Crippen LogP contribution is -2.43. The molecule has 158 valence electrons. The number of carbonyl (C=O) groups excluding carboxylic acids is 1. The zero-order chi connectivity index (χ0) is 21.1. The number of nitrogens with one attached hydrogen (secondary N) is 1. The van der Waals surface area contributed by atoms with E-state index in [1.165, 1.54) is 30.6 Å². The largest absolute Gasteiger partial charge is 0.349 e. The van der Waals surface area contributed by atoms with Crippen molar-refractivity contribution in [1.29, 1.82) is 0 Å². The highest BCUT2D eigenvalue weighted by Gasteiger charge is 2.39. The van der Waals surface area contributed by atoms with Crippen molar-refractivity contribution in [2.75, 3.05) is 11.4 Å². The first kappa shape index (κ1) is 20.7. The summed E-state index contributed by atoms with van der Waals surface area (Å²) in [5.74, 6) is -0.499. The first-order valence-electron chi connectivity index (χ1n) is 10.7. The maximum atomic E-state index is 13.5. The molecule has 0 atom stereocenters. The highest BCUT2D eigenvalue weighted by Crippen LogP contribution is 2.42. The van der Waals surface area contributed by atoms with Crippen molar-refractivity contribution in [2.24, 2.45) is 0 Å². The van der Waals surface area contributed by atoms with Crippen LogP contribution < -0.4 is 9.62 Å². The minimum atomic E-state index is -3.98. The predicted octanol–water partition coefficient (Wildman–Crippen LogP) is 4.45. The second-order valence-electron chi connectivity index (χ2n) is 8.08. The molecule has 1 heterocycles. The molecule has 1 aliphatic heterocycles. The Morgan fingerprint density at radius 2 is 1.50 bits per heavy atom. The standard InChI is InChI=1S/C24H28N2O3S/c1-26-21-17-11-10-16-20(21)22(18-12-6-5-7-13-18)23(30(26,28)29)24(27)25-19-14-8-3-2-4-9-15-19/h5-7,10-13,16-17,19H,2-4,8-9,14-15H2,1H3,(H,25,27).